The van der Waals surface area contributed by atoms with E-state index in [9.17, 15) is 9.90 Å². The van der Waals surface area contributed by atoms with E-state index in [0.717, 1.165) is 97.7 Å². The fourth-order valence-corrected chi connectivity index (χ4v) is 9.45. The maximum absolute atomic E-state index is 12.8. The molecule has 0 saturated heterocycles. The summed E-state index contributed by atoms with van der Waals surface area (Å²) in [4.78, 5) is 14.0. The number of rotatable bonds is 1. The molecule has 3 aromatic carbocycles. The predicted octanol–water partition coefficient (Wildman–Crippen LogP) is 8.67. The van der Waals surface area contributed by atoms with E-state index in [4.69, 9.17) is 26.5 Å². The lowest BCUT2D eigenvalue weighted by Gasteiger charge is -2.16. The third-order valence-corrected chi connectivity index (χ3v) is 11.9. The lowest BCUT2D eigenvalue weighted by Crippen LogP contribution is -2.11. The normalized spacial score (nSPS) is 15.6. The van der Waals surface area contributed by atoms with Crippen molar-refractivity contribution in [2.75, 3.05) is 6.61 Å². The number of aryl methyl sites for hydroxylation is 4. The fraction of sp³-hybridized carbons (Fsp3) is 0.324. The number of hydrogen-bond donors (Lipinski definition) is 1. The van der Waals surface area contributed by atoms with Gasteiger partial charge >= 0.3 is 5.97 Å². The van der Waals surface area contributed by atoms with Gasteiger partial charge in [-0.1, -0.05) is 41.9 Å². The first-order chi connectivity index (χ1) is 23.4. The van der Waals surface area contributed by atoms with Crippen LogP contribution in [0.5, 0.6) is 5.75 Å². The Morgan fingerprint density at radius 3 is 2.69 bits per heavy atom. The summed E-state index contributed by atoms with van der Waals surface area (Å²) in [6.45, 7) is 1.33. The van der Waals surface area contributed by atoms with Crippen molar-refractivity contribution in [2.45, 2.75) is 60.8 Å². The number of carboxylic acids is 1. The molecule has 8 rings (SSSR count). The molecule has 48 heavy (non-hydrogen) atoms. The monoisotopic (exact) mass is 697 g/mol. The highest BCUT2D eigenvalue weighted by Crippen LogP contribution is 2.44. The molecule has 3 aromatic heterocycles. The first kappa shape index (κ1) is 31.4. The summed E-state index contributed by atoms with van der Waals surface area (Å²) in [5.74, 6) is 2.14. The van der Waals surface area contributed by atoms with Crippen molar-refractivity contribution < 1.29 is 14.6 Å². The lowest BCUT2D eigenvalue weighted by molar-refractivity contribution is 0.0685. The van der Waals surface area contributed by atoms with Crippen LogP contribution in [0.15, 0.2) is 59.5 Å². The van der Waals surface area contributed by atoms with Gasteiger partial charge in [0.15, 0.2) is 0 Å². The molecular weight excluding hydrogens is 662 g/mol. The smallest absolute Gasteiger partial charge is 0.352 e. The highest BCUT2D eigenvalue weighted by Gasteiger charge is 2.29. The zero-order valence-electron chi connectivity index (χ0n) is 27.0. The first-order valence-corrected chi connectivity index (χ1v) is 18.9. The molecule has 0 saturated carbocycles. The minimum atomic E-state index is -0.945. The van der Waals surface area contributed by atoms with Crippen molar-refractivity contribution in [1.82, 2.24) is 24.1 Å². The van der Waals surface area contributed by atoms with Gasteiger partial charge in [0.05, 0.1) is 28.5 Å². The number of halogens is 1. The van der Waals surface area contributed by atoms with Gasteiger partial charge < -0.3 is 14.4 Å². The summed E-state index contributed by atoms with van der Waals surface area (Å²) in [6, 6.07) is 18.7. The largest absolute Gasteiger partial charge is 0.493 e. The van der Waals surface area contributed by atoms with Crippen molar-refractivity contribution in [3.8, 4) is 16.9 Å². The summed E-state index contributed by atoms with van der Waals surface area (Å²) in [5, 5.41) is 24.2. The van der Waals surface area contributed by atoms with Gasteiger partial charge in [-0.15, -0.1) is 23.5 Å². The molecule has 0 spiro atoms. The summed E-state index contributed by atoms with van der Waals surface area (Å²) < 4.78 is 12.4. The Morgan fingerprint density at radius 2 is 1.81 bits per heavy atom. The van der Waals surface area contributed by atoms with Gasteiger partial charge in [0.1, 0.15) is 11.4 Å². The van der Waals surface area contributed by atoms with Crippen LogP contribution in [0.2, 0.25) is 5.02 Å². The van der Waals surface area contributed by atoms with E-state index in [1.165, 1.54) is 11.4 Å². The van der Waals surface area contributed by atoms with Crippen LogP contribution < -0.4 is 4.74 Å². The number of benzene rings is 3. The van der Waals surface area contributed by atoms with Gasteiger partial charge in [-0.2, -0.15) is 10.2 Å². The van der Waals surface area contributed by atoms with Crippen molar-refractivity contribution in [3.05, 3.63) is 93.7 Å². The van der Waals surface area contributed by atoms with Gasteiger partial charge in [0.2, 0.25) is 0 Å². The quantitative estimate of drug-likeness (QED) is 0.184. The lowest BCUT2D eigenvalue weighted by atomic mass is 9.95. The standard InChI is InChI=1S/C37H36ClN5O3S2/c1-41-35-28-12-13-29(38)33(35)34-30(40-43-14-6-5-11-31(34)43)21-47-19-23-17-24(42(2)39-23)20-48-25-16-22-8-3-4-9-26(22)32(18-25)46-15-7-10-27(28)36(41)37(44)45/h3-4,8-9,12-13,16-18H,5-7,10-11,14-15,19-21H2,1-2H3,(H,44,45). The molecule has 0 fully saturated rings. The number of carbonyl (C=O) groups is 1. The van der Waals surface area contributed by atoms with E-state index in [0.29, 0.717) is 35.9 Å². The molecule has 8 bridgehead atoms. The van der Waals surface area contributed by atoms with Crippen LogP contribution in [-0.4, -0.2) is 41.8 Å². The zero-order chi connectivity index (χ0) is 32.9. The summed E-state index contributed by atoms with van der Waals surface area (Å²) in [7, 11) is 3.86. The number of ether oxygens (including phenoxy) is 1. The Hall–Kier alpha value is -3.86. The van der Waals surface area contributed by atoms with Crippen LogP contribution in [0.3, 0.4) is 0 Å². The zero-order valence-corrected chi connectivity index (χ0v) is 29.4. The molecule has 246 valence electrons. The highest BCUT2D eigenvalue weighted by molar-refractivity contribution is 7.98. The number of aromatic carboxylic acids is 1. The molecule has 2 aliphatic rings. The minimum Gasteiger partial charge on any atom is -0.493 e. The number of carboxylic acid groups (broad SMARTS) is 1. The van der Waals surface area contributed by atoms with Crippen molar-refractivity contribution >= 4 is 62.8 Å². The number of aromatic nitrogens is 5. The average molecular weight is 698 g/mol. The van der Waals surface area contributed by atoms with E-state index in [-0.39, 0.29) is 0 Å². The topological polar surface area (TPSA) is 87.1 Å². The molecular formula is C37H36ClN5O3S2. The third-order valence-electron chi connectivity index (χ3n) is 9.55. The summed E-state index contributed by atoms with van der Waals surface area (Å²) >= 11 is 10.7. The maximum atomic E-state index is 12.8. The molecule has 6 aromatic rings. The van der Waals surface area contributed by atoms with E-state index in [2.05, 4.69) is 41.1 Å². The van der Waals surface area contributed by atoms with E-state index < -0.39 is 5.97 Å². The molecule has 0 unspecified atom stereocenters. The van der Waals surface area contributed by atoms with E-state index >= 15 is 0 Å². The predicted molar refractivity (Wildman–Crippen MR) is 195 cm³/mol. The Bertz CT molecular complexity index is 2220. The van der Waals surface area contributed by atoms with Crippen LogP contribution >= 0.6 is 35.1 Å². The molecule has 11 heteroatoms. The summed E-state index contributed by atoms with van der Waals surface area (Å²) in [6.07, 6.45) is 4.31. The molecule has 2 aliphatic heterocycles. The Labute approximate surface area is 292 Å². The van der Waals surface area contributed by atoms with Gasteiger partial charge in [0.25, 0.3) is 0 Å². The number of fused-ring (bicyclic) bond motifs is 10. The van der Waals surface area contributed by atoms with Gasteiger partial charge in [0, 0.05) is 76.1 Å². The van der Waals surface area contributed by atoms with Gasteiger partial charge in [-0.25, -0.2) is 4.79 Å². The molecule has 5 heterocycles. The second-order valence-corrected chi connectivity index (χ2v) is 15.0. The van der Waals surface area contributed by atoms with E-state index in [1.807, 2.05) is 41.5 Å². The van der Waals surface area contributed by atoms with Crippen LogP contribution in [0, 0.1) is 0 Å². The second kappa shape index (κ2) is 12.9. The number of hydrogen-bond acceptors (Lipinski definition) is 6. The number of nitrogens with zero attached hydrogens (tertiary/aromatic N) is 5. The van der Waals surface area contributed by atoms with Crippen molar-refractivity contribution in [2.24, 2.45) is 14.1 Å². The van der Waals surface area contributed by atoms with Crippen LogP contribution in [0.4, 0.5) is 0 Å². The van der Waals surface area contributed by atoms with Crippen molar-refractivity contribution in [1.29, 1.82) is 0 Å². The average Bonchev–Trinajstić information content (AvgIpc) is 3.72. The SMILES string of the molecule is Cn1nc2cc1CSc1cc(c3ccccc3c1)OCCCc1c(C(=O)O)n(C)c3c(c(Cl)ccc13)-c1c(nn3c1CCCC3)CSC2. The second-order valence-electron chi connectivity index (χ2n) is 12.6. The minimum absolute atomic E-state index is 0.294. The Balaban J connectivity index is 1.27. The van der Waals surface area contributed by atoms with Crippen molar-refractivity contribution in [3.63, 3.8) is 0 Å². The highest BCUT2D eigenvalue weighted by atomic mass is 35.5. The maximum Gasteiger partial charge on any atom is 0.352 e. The van der Waals surface area contributed by atoms with Gasteiger partial charge in [-0.05, 0) is 67.3 Å². The fourth-order valence-electron chi connectivity index (χ4n) is 7.37. The molecule has 0 amide bonds. The Kier molecular flexibility index (Phi) is 8.42. The van der Waals surface area contributed by atoms with Crippen LogP contribution in [0.25, 0.3) is 32.8 Å². The van der Waals surface area contributed by atoms with Crippen LogP contribution in [-0.2, 0) is 50.7 Å². The molecule has 0 atom stereocenters. The van der Waals surface area contributed by atoms with Gasteiger partial charge in [-0.3, -0.25) is 9.36 Å². The summed E-state index contributed by atoms with van der Waals surface area (Å²) in [5.41, 5.74) is 8.27. The molecule has 0 radical (unpaired) electrons. The Morgan fingerprint density at radius 1 is 0.938 bits per heavy atom. The number of thioether (sulfide) groups is 2. The first-order valence-electron chi connectivity index (χ1n) is 16.4. The molecule has 0 aliphatic carbocycles. The molecule has 1 N–H and O–H groups in total. The molecule has 8 nitrogen and oxygen atoms in total. The van der Waals surface area contributed by atoms with Crippen LogP contribution in [0.1, 0.15) is 58.1 Å². The third kappa shape index (κ3) is 5.57. The van der Waals surface area contributed by atoms with E-state index in [1.54, 1.807) is 23.5 Å².